The number of sulfonamides is 1. The highest BCUT2D eigenvalue weighted by Crippen LogP contribution is 2.19. The van der Waals surface area contributed by atoms with Crippen molar-refractivity contribution in [3.63, 3.8) is 0 Å². The van der Waals surface area contributed by atoms with E-state index >= 15 is 0 Å². The number of nitrogens with zero attached hydrogens (tertiary/aromatic N) is 2. The molecule has 1 N–H and O–H groups in total. The van der Waals surface area contributed by atoms with Crippen LogP contribution in [0.15, 0.2) is 71.8 Å². The summed E-state index contributed by atoms with van der Waals surface area (Å²) < 4.78 is 26.0. The number of hydrogen-bond donors (Lipinski definition) is 1. The van der Waals surface area contributed by atoms with E-state index in [0.29, 0.717) is 5.56 Å². The predicted molar refractivity (Wildman–Crippen MR) is 110 cm³/mol. The van der Waals surface area contributed by atoms with Gasteiger partial charge in [-0.1, -0.05) is 42.5 Å². The smallest absolute Gasteiger partial charge is 0.244 e. The highest BCUT2D eigenvalue weighted by atomic mass is 32.2. The number of carbonyl (C=O) groups is 1. The lowest BCUT2D eigenvalue weighted by Crippen LogP contribution is -2.26. The molecule has 1 heterocycles. The van der Waals surface area contributed by atoms with E-state index in [2.05, 4.69) is 10.3 Å². The first-order valence-electron chi connectivity index (χ1n) is 8.69. The molecule has 0 aliphatic carbocycles. The van der Waals surface area contributed by atoms with Crippen LogP contribution in [0.1, 0.15) is 11.1 Å². The second-order valence-electron chi connectivity index (χ2n) is 6.37. The summed E-state index contributed by atoms with van der Waals surface area (Å²) in [6.45, 7) is 0.111. The van der Waals surface area contributed by atoms with Gasteiger partial charge in [-0.25, -0.2) is 12.7 Å². The molecule has 0 radical (unpaired) electrons. The molecule has 0 aliphatic heterocycles. The van der Waals surface area contributed by atoms with E-state index in [1.165, 1.54) is 26.2 Å². The van der Waals surface area contributed by atoms with E-state index in [4.69, 9.17) is 0 Å². The number of fused-ring (bicyclic) bond motifs is 1. The van der Waals surface area contributed by atoms with Gasteiger partial charge in [0.05, 0.1) is 10.4 Å². The van der Waals surface area contributed by atoms with Crippen molar-refractivity contribution >= 4 is 32.9 Å². The second-order valence-corrected chi connectivity index (χ2v) is 8.49. The number of carbonyl (C=O) groups excluding carboxylic acids is 1. The minimum Gasteiger partial charge on any atom is -0.348 e. The molecule has 0 aliphatic rings. The molecule has 1 aromatic heterocycles. The first-order valence-corrected chi connectivity index (χ1v) is 10.1. The van der Waals surface area contributed by atoms with Crippen LogP contribution in [0.3, 0.4) is 0 Å². The third kappa shape index (κ3) is 4.27. The van der Waals surface area contributed by atoms with Gasteiger partial charge in [-0.05, 0) is 23.8 Å². The summed E-state index contributed by atoms with van der Waals surface area (Å²) in [4.78, 5) is 16.8. The molecule has 144 valence electrons. The monoisotopic (exact) mass is 395 g/mol. The van der Waals surface area contributed by atoms with Gasteiger partial charge in [-0.3, -0.25) is 9.78 Å². The fourth-order valence-electron chi connectivity index (χ4n) is 2.77. The van der Waals surface area contributed by atoms with E-state index in [1.54, 1.807) is 30.5 Å². The average molecular weight is 395 g/mol. The van der Waals surface area contributed by atoms with Crippen LogP contribution in [-0.4, -0.2) is 37.7 Å². The Morgan fingerprint density at radius 3 is 2.61 bits per heavy atom. The van der Waals surface area contributed by atoms with Gasteiger partial charge in [0.15, 0.2) is 0 Å². The lowest BCUT2D eigenvalue weighted by molar-refractivity contribution is -0.116. The first kappa shape index (κ1) is 19.7. The van der Waals surface area contributed by atoms with Crippen molar-refractivity contribution in [2.24, 2.45) is 0 Å². The van der Waals surface area contributed by atoms with Gasteiger partial charge in [-0.2, -0.15) is 0 Å². The summed E-state index contributed by atoms with van der Waals surface area (Å²) in [5.41, 5.74) is 2.19. The number of pyridine rings is 1. The Morgan fingerprint density at radius 2 is 1.82 bits per heavy atom. The van der Waals surface area contributed by atoms with E-state index in [0.717, 1.165) is 20.8 Å². The number of hydrogen-bond acceptors (Lipinski definition) is 4. The minimum atomic E-state index is -3.58. The number of benzene rings is 2. The van der Waals surface area contributed by atoms with Gasteiger partial charge in [0.1, 0.15) is 0 Å². The second kappa shape index (κ2) is 8.33. The van der Waals surface area contributed by atoms with Crippen LogP contribution in [-0.2, 0) is 21.4 Å². The van der Waals surface area contributed by atoms with Crippen LogP contribution in [0.5, 0.6) is 0 Å². The van der Waals surface area contributed by atoms with Crippen molar-refractivity contribution in [1.29, 1.82) is 0 Å². The SMILES string of the molecule is CN(C)S(=O)(=O)c1ccccc1CNC(=O)/C=C/c1cccc2cccnc12. The van der Waals surface area contributed by atoms with Crippen LogP contribution < -0.4 is 5.32 Å². The largest absolute Gasteiger partial charge is 0.348 e. The number of amides is 1. The number of rotatable bonds is 6. The Kier molecular flexibility index (Phi) is 5.87. The summed E-state index contributed by atoms with van der Waals surface area (Å²) in [6.07, 6.45) is 4.83. The highest BCUT2D eigenvalue weighted by molar-refractivity contribution is 7.89. The molecule has 0 fully saturated rings. The first-order chi connectivity index (χ1) is 13.4. The summed E-state index contributed by atoms with van der Waals surface area (Å²) in [5, 5.41) is 3.73. The van der Waals surface area contributed by atoms with Gasteiger partial charge in [0.2, 0.25) is 15.9 Å². The molecule has 0 spiro atoms. The zero-order valence-electron chi connectivity index (χ0n) is 15.7. The van der Waals surface area contributed by atoms with Crippen molar-refractivity contribution < 1.29 is 13.2 Å². The molecule has 3 rings (SSSR count). The third-order valence-corrected chi connectivity index (χ3v) is 6.18. The minimum absolute atomic E-state index is 0.111. The van der Waals surface area contributed by atoms with Crippen LogP contribution >= 0.6 is 0 Å². The average Bonchev–Trinajstić information content (AvgIpc) is 2.70. The lowest BCUT2D eigenvalue weighted by Gasteiger charge is -2.15. The lowest BCUT2D eigenvalue weighted by atomic mass is 10.1. The van der Waals surface area contributed by atoms with Gasteiger partial charge >= 0.3 is 0 Å². The molecule has 0 saturated carbocycles. The van der Waals surface area contributed by atoms with Gasteiger partial charge in [0, 0.05) is 43.9 Å². The normalized spacial score (nSPS) is 12.0. The highest BCUT2D eigenvalue weighted by Gasteiger charge is 2.20. The molecule has 2 aromatic carbocycles. The van der Waals surface area contributed by atoms with E-state index < -0.39 is 10.0 Å². The molecule has 3 aromatic rings. The molecule has 6 nitrogen and oxygen atoms in total. The summed E-state index contributed by atoms with van der Waals surface area (Å²) in [5.74, 6) is -0.315. The molecule has 28 heavy (non-hydrogen) atoms. The summed E-state index contributed by atoms with van der Waals surface area (Å²) in [6, 6.07) is 16.2. The van der Waals surface area contributed by atoms with Crippen molar-refractivity contribution in [3.05, 3.63) is 78.0 Å². The Balaban J connectivity index is 1.74. The fourth-order valence-corrected chi connectivity index (χ4v) is 3.88. The zero-order chi connectivity index (χ0) is 20.1. The van der Waals surface area contributed by atoms with Gasteiger partial charge in [-0.15, -0.1) is 0 Å². The Labute approximate surface area is 164 Å². The maximum Gasteiger partial charge on any atom is 0.244 e. The van der Waals surface area contributed by atoms with Crippen LogP contribution in [0.4, 0.5) is 0 Å². The number of para-hydroxylation sites is 1. The predicted octanol–water partition coefficient (Wildman–Crippen LogP) is 2.81. The molecule has 0 atom stereocenters. The zero-order valence-corrected chi connectivity index (χ0v) is 16.5. The molecular formula is C21H21N3O3S. The quantitative estimate of drug-likeness (QED) is 0.651. The number of nitrogens with one attached hydrogen (secondary N) is 1. The molecular weight excluding hydrogens is 374 g/mol. The van der Waals surface area contributed by atoms with Crippen molar-refractivity contribution in [2.45, 2.75) is 11.4 Å². The summed E-state index contributed by atoms with van der Waals surface area (Å²) >= 11 is 0. The van der Waals surface area contributed by atoms with Crippen LogP contribution in [0.2, 0.25) is 0 Å². The fraction of sp³-hybridized carbons (Fsp3) is 0.143. The van der Waals surface area contributed by atoms with Crippen LogP contribution in [0, 0.1) is 0 Å². The van der Waals surface area contributed by atoms with E-state index in [1.807, 2.05) is 30.3 Å². The Bertz CT molecular complexity index is 1130. The van der Waals surface area contributed by atoms with Crippen molar-refractivity contribution in [3.8, 4) is 0 Å². The standard InChI is InChI=1S/C21H21N3O3S/c1-24(2)28(26,27)19-11-4-3-7-18(19)15-23-20(25)13-12-17-9-5-8-16-10-6-14-22-21(16)17/h3-14H,15H2,1-2H3,(H,23,25)/b13-12+. The van der Waals surface area contributed by atoms with Crippen LogP contribution in [0.25, 0.3) is 17.0 Å². The van der Waals surface area contributed by atoms with Gasteiger partial charge in [0.25, 0.3) is 0 Å². The molecule has 7 heteroatoms. The maximum atomic E-state index is 12.4. The molecule has 1 amide bonds. The Hall–Kier alpha value is -3.03. The maximum absolute atomic E-state index is 12.4. The van der Waals surface area contributed by atoms with Gasteiger partial charge < -0.3 is 5.32 Å². The number of aromatic nitrogens is 1. The van der Waals surface area contributed by atoms with Crippen molar-refractivity contribution in [2.75, 3.05) is 14.1 Å². The van der Waals surface area contributed by atoms with E-state index in [9.17, 15) is 13.2 Å². The summed E-state index contributed by atoms with van der Waals surface area (Å²) in [7, 11) is -0.624. The van der Waals surface area contributed by atoms with Crippen molar-refractivity contribution in [1.82, 2.24) is 14.6 Å². The third-order valence-electron chi connectivity index (χ3n) is 4.26. The topological polar surface area (TPSA) is 79.4 Å². The Morgan fingerprint density at radius 1 is 1.07 bits per heavy atom. The molecule has 0 unspecified atom stereocenters. The molecule has 0 saturated heterocycles. The van der Waals surface area contributed by atoms with E-state index in [-0.39, 0.29) is 17.3 Å². The molecule has 0 bridgehead atoms.